The van der Waals surface area contributed by atoms with E-state index in [4.69, 9.17) is 10.2 Å². The second kappa shape index (κ2) is 4.00. The second-order valence-corrected chi connectivity index (χ2v) is 5.06. The van der Waals surface area contributed by atoms with Crippen LogP contribution in [0, 0.1) is 11.3 Å². The highest BCUT2D eigenvalue weighted by atomic mass is 16.4. The third-order valence-electron chi connectivity index (χ3n) is 4.16. The van der Waals surface area contributed by atoms with Crippen LogP contribution in [-0.4, -0.2) is 40.9 Å². The molecule has 15 heavy (non-hydrogen) atoms. The maximum absolute atomic E-state index is 10.8. The molecule has 0 radical (unpaired) electrons. The van der Waals surface area contributed by atoms with Crippen LogP contribution >= 0.6 is 0 Å². The molecular weight excluding hydrogens is 194 g/mol. The van der Waals surface area contributed by atoms with Gasteiger partial charge in [-0.25, -0.2) is 4.79 Å². The van der Waals surface area contributed by atoms with E-state index in [1.807, 2.05) is 0 Å². The van der Waals surface area contributed by atoms with Gasteiger partial charge in [-0.05, 0) is 43.4 Å². The van der Waals surface area contributed by atoms with Crippen LogP contribution in [0.25, 0.3) is 0 Å². The lowest BCUT2D eigenvalue weighted by molar-refractivity contribution is 0.0872. The summed E-state index contributed by atoms with van der Waals surface area (Å²) in [6.45, 7) is 1.64. The summed E-state index contributed by atoms with van der Waals surface area (Å²) in [6, 6.07) is 0. The topological polar surface area (TPSA) is 60.8 Å². The molecule has 86 valence electrons. The summed E-state index contributed by atoms with van der Waals surface area (Å²) in [5.74, 6) is 0.460. The van der Waals surface area contributed by atoms with Crippen molar-refractivity contribution in [3.8, 4) is 0 Å². The van der Waals surface area contributed by atoms with Gasteiger partial charge in [0, 0.05) is 19.7 Å². The van der Waals surface area contributed by atoms with Gasteiger partial charge < -0.3 is 15.1 Å². The maximum Gasteiger partial charge on any atom is 0.407 e. The van der Waals surface area contributed by atoms with Crippen LogP contribution in [-0.2, 0) is 0 Å². The molecule has 1 aliphatic carbocycles. The van der Waals surface area contributed by atoms with Crippen molar-refractivity contribution in [1.82, 2.24) is 4.90 Å². The number of carbonyl (C=O) groups is 1. The number of aliphatic hydroxyl groups excluding tert-OH is 1. The van der Waals surface area contributed by atoms with Crippen molar-refractivity contribution in [2.24, 2.45) is 11.3 Å². The fourth-order valence-corrected chi connectivity index (χ4v) is 3.11. The lowest BCUT2D eigenvalue weighted by Gasteiger charge is -2.38. The first kappa shape index (κ1) is 10.7. The van der Waals surface area contributed by atoms with E-state index < -0.39 is 6.09 Å². The summed E-state index contributed by atoms with van der Waals surface area (Å²) in [5.41, 5.74) is 0.347. The molecule has 2 N–H and O–H groups in total. The summed E-state index contributed by atoms with van der Waals surface area (Å²) in [4.78, 5) is 12.3. The Hall–Kier alpha value is -0.770. The molecular formula is C11H19NO3. The Morgan fingerprint density at radius 2 is 2.00 bits per heavy atom. The van der Waals surface area contributed by atoms with Gasteiger partial charge in [0.15, 0.2) is 0 Å². The first-order valence-corrected chi connectivity index (χ1v) is 5.74. The van der Waals surface area contributed by atoms with Gasteiger partial charge in [-0.2, -0.15) is 0 Å². The monoisotopic (exact) mass is 213 g/mol. The number of rotatable bonds is 1. The molecule has 2 aliphatic rings. The molecule has 1 amide bonds. The fraction of sp³-hybridized carbons (Fsp3) is 0.909. The highest BCUT2D eigenvalue weighted by Gasteiger charge is 2.41. The standard InChI is InChI=1S/C11H19NO3/c13-8-9-1-2-11(7-9)3-5-12(6-4-11)10(14)15/h9,13H,1-8H2,(H,14,15). The van der Waals surface area contributed by atoms with Gasteiger partial charge in [0.1, 0.15) is 0 Å². The van der Waals surface area contributed by atoms with E-state index in [9.17, 15) is 4.79 Å². The van der Waals surface area contributed by atoms with E-state index in [2.05, 4.69) is 0 Å². The van der Waals surface area contributed by atoms with E-state index in [1.54, 1.807) is 0 Å². The number of carboxylic acid groups (broad SMARTS) is 1. The molecule has 1 saturated carbocycles. The number of piperidine rings is 1. The van der Waals surface area contributed by atoms with Crippen LogP contribution in [0.3, 0.4) is 0 Å². The van der Waals surface area contributed by atoms with E-state index in [0.717, 1.165) is 25.7 Å². The highest BCUT2D eigenvalue weighted by Crippen LogP contribution is 2.48. The summed E-state index contributed by atoms with van der Waals surface area (Å²) in [5, 5.41) is 18.0. The Bertz CT molecular complexity index is 246. The quantitative estimate of drug-likeness (QED) is 0.694. The van der Waals surface area contributed by atoms with Gasteiger partial charge >= 0.3 is 6.09 Å². The second-order valence-electron chi connectivity index (χ2n) is 5.06. The zero-order chi connectivity index (χ0) is 10.9. The Morgan fingerprint density at radius 3 is 2.47 bits per heavy atom. The smallest absolute Gasteiger partial charge is 0.407 e. The number of likely N-dealkylation sites (tertiary alicyclic amines) is 1. The molecule has 0 aromatic heterocycles. The zero-order valence-electron chi connectivity index (χ0n) is 8.98. The predicted molar refractivity (Wildman–Crippen MR) is 55.7 cm³/mol. The average molecular weight is 213 g/mol. The third kappa shape index (κ3) is 2.09. The van der Waals surface area contributed by atoms with Gasteiger partial charge in [0.05, 0.1) is 0 Å². The number of hydrogen-bond donors (Lipinski definition) is 2. The molecule has 4 nitrogen and oxygen atoms in total. The van der Waals surface area contributed by atoms with Crippen LogP contribution in [0.4, 0.5) is 4.79 Å². The van der Waals surface area contributed by atoms with Crippen LogP contribution in [0.2, 0.25) is 0 Å². The normalized spacial score (nSPS) is 29.7. The minimum atomic E-state index is -0.790. The van der Waals surface area contributed by atoms with Crippen molar-refractivity contribution in [3.63, 3.8) is 0 Å². The fourth-order valence-electron chi connectivity index (χ4n) is 3.11. The summed E-state index contributed by atoms with van der Waals surface area (Å²) < 4.78 is 0. The molecule has 1 atom stereocenters. The van der Waals surface area contributed by atoms with Gasteiger partial charge in [-0.15, -0.1) is 0 Å². The zero-order valence-corrected chi connectivity index (χ0v) is 8.98. The van der Waals surface area contributed by atoms with E-state index in [-0.39, 0.29) is 0 Å². The minimum Gasteiger partial charge on any atom is -0.465 e. The lowest BCUT2D eigenvalue weighted by atomic mass is 9.76. The Balaban J connectivity index is 1.90. The highest BCUT2D eigenvalue weighted by molar-refractivity contribution is 5.65. The van der Waals surface area contributed by atoms with Crippen LogP contribution in [0.15, 0.2) is 0 Å². The summed E-state index contributed by atoms with van der Waals surface area (Å²) in [7, 11) is 0. The molecule has 2 rings (SSSR count). The molecule has 0 aromatic rings. The van der Waals surface area contributed by atoms with Gasteiger partial charge in [0.2, 0.25) is 0 Å². The SMILES string of the molecule is O=C(O)N1CCC2(CCC(CO)C2)CC1. The number of amides is 1. The van der Waals surface area contributed by atoms with Gasteiger partial charge in [0.25, 0.3) is 0 Å². The lowest BCUT2D eigenvalue weighted by Crippen LogP contribution is -2.41. The third-order valence-corrected chi connectivity index (χ3v) is 4.16. The first-order chi connectivity index (χ1) is 7.15. The van der Waals surface area contributed by atoms with Crippen molar-refractivity contribution in [3.05, 3.63) is 0 Å². The van der Waals surface area contributed by atoms with Crippen molar-refractivity contribution in [2.45, 2.75) is 32.1 Å². The van der Waals surface area contributed by atoms with E-state index in [0.29, 0.717) is 31.0 Å². The average Bonchev–Trinajstić information content (AvgIpc) is 2.62. The number of hydrogen-bond acceptors (Lipinski definition) is 2. The molecule has 1 spiro atoms. The van der Waals surface area contributed by atoms with E-state index >= 15 is 0 Å². The molecule has 1 heterocycles. The summed E-state index contributed by atoms with van der Waals surface area (Å²) >= 11 is 0. The van der Waals surface area contributed by atoms with Crippen LogP contribution in [0.5, 0.6) is 0 Å². The van der Waals surface area contributed by atoms with Crippen molar-refractivity contribution in [1.29, 1.82) is 0 Å². The maximum atomic E-state index is 10.8. The predicted octanol–water partition coefficient (Wildman–Crippen LogP) is 1.54. The summed E-state index contributed by atoms with van der Waals surface area (Å²) in [6.07, 6.45) is 4.55. The van der Waals surface area contributed by atoms with Gasteiger partial charge in [-0.3, -0.25) is 0 Å². The Kier molecular flexibility index (Phi) is 2.87. The Morgan fingerprint density at radius 1 is 1.33 bits per heavy atom. The van der Waals surface area contributed by atoms with Gasteiger partial charge in [-0.1, -0.05) is 0 Å². The molecule has 2 fully saturated rings. The molecule has 0 aromatic carbocycles. The van der Waals surface area contributed by atoms with Crippen LogP contribution in [0.1, 0.15) is 32.1 Å². The number of nitrogens with zero attached hydrogens (tertiary/aromatic N) is 1. The van der Waals surface area contributed by atoms with Crippen LogP contribution < -0.4 is 0 Å². The molecule has 1 aliphatic heterocycles. The molecule has 1 unspecified atom stereocenters. The van der Waals surface area contributed by atoms with Crippen molar-refractivity contribution >= 4 is 6.09 Å². The number of aliphatic hydroxyl groups is 1. The van der Waals surface area contributed by atoms with Crippen molar-refractivity contribution in [2.75, 3.05) is 19.7 Å². The molecule has 0 bridgehead atoms. The molecule has 1 saturated heterocycles. The minimum absolute atomic E-state index is 0.296. The largest absolute Gasteiger partial charge is 0.465 e. The first-order valence-electron chi connectivity index (χ1n) is 5.74. The van der Waals surface area contributed by atoms with Crippen molar-refractivity contribution < 1.29 is 15.0 Å². The Labute approximate surface area is 89.9 Å². The molecule has 4 heteroatoms. The van der Waals surface area contributed by atoms with E-state index in [1.165, 1.54) is 11.3 Å².